The summed E-state index contributed by atoms with van der Waals surface area (Å²) in [5.74, 6) is -0.837. The van der Waals surface area contributed by atoms with E-state index in [9.17, 15) is 9.59 Å². The highest BCUT2D eigenvalue weighted by Gasteiger charge is 2.16. The zero-order valence-corrected chi connectivity index (χ0v) is 10.4. The Balaban J connectivity index is 2.18. The van der Waals surface area contributed by atoms with Crippen molar-refractivity contribution in [2.24, 2.45) is 0 Å². The largest absolute Gasteiger partial charge is 0.465 e. The van der Waals surface area contributed by atoms with Gasteiger partial charge >= 0.3 is 5.97 Å². The average molecular weight is 262 g/mol. The van der Waals surface area contributed by atoms with Gasteiger partial charge in [0.05, 0.1) is 12.7 Å². The second-order valence-electron chi connectivity index (χ2n) is 3.32. The Morgan fingerprint density at radius 3 is 2.83 bits per heavy atom. The number of hydrogen-bond acceptors (Lipinski definition) is 5. The standard InChI is InChI=1S/C12H10N2O3S/c1-17-12(16)8-5-7-18-11(8)14-10(15)9-4-2-3-6-13-9/h2-7H,1H3,(H,14,15). The minimum absolute atomic E-state index is 0.293. The first-order chi connectivity index (χ1) is 8.72. The summed E-state index contributed by atoms with van der Waals surface area (Å²) >= 11 is 1.26. The second kappa shape index (κ2) is 5.42. The van der Waals surface area contributed by atoms with E-state index in [0.29, 0.717) is 16.3 Å². The molecular formula is C12H10N2O3S. The van der Waals surface area contributed by atoms with Crippen molar-refractivity contribution in [3.05, 3.63) is 47.1 Å². The highest BCUT2D eigenvalue weighted by Crippen LogP contribution is 2.24. The molecule has 6 heteroatoms. The first-order valence-electron chi connectivity index (χ1n) is 5.10. The van der Waals surface area contributed by atoms with Gasteiger partial charge in [-0.15, -0.1) is 11.3 Å². The van der Waals surface area contributed by atoms with E-state index in [0.717, 1.165) is 0 Å². The average Bonchev–Trinajstić information content (AvgIpc) is 2.87. The van der Waals surface area contributed by atoms with Crippen molar-refractivity contribution in [2.75, 3.05) is 12.4 Å². The SMILES string of the molecule is COC(=O)c1ccsc1NC(=O)c1ccccn1. The van der Waals surface area contributed by atoms with E-state index in [1.54, 1.807) is 29.6 Å². The maximum Gasteiger partial charge on any atom is 0.340 e. The predicted molar refractivity (Wildman–Crippen MR) is 67.8 cm³/mol. The van der Waals surface area contributed by atoms with Crippen molar-refractivity contribution < 1.29 is 14.3 Å². The van der Waals surface area contributed by atoms with Crippen LogP contribution in [-0.4, -0.2) is 24.0 Å². The van der Waals surface area contributed by atoms with Crippen LogP contribution in [0.1, 0.15) is 20.8 Å². The molecule has 2 heterocycles. The van der Waals surface area contributed by atoms with Crippen molar-refractivity contribution in [1.82, 2.24) is 4.98 Å². The van der Waals surface area contributed by atoms with Crippen LogP contribution in [0.2, 0.25) is 0 Å². The number of anilines is 1. The molecule has 0 saturated heterocycles. The van der Waals surface area contributed by atoms with Crippen molar-refractivity contribution in [2.45, 2.75) is 0 Å². The van der Waals surface area contributed by atoms with Crippen molar-refractivity contribution in [1.29, 1.82) is 0 Å². The van der Waals surface area contributed by atoms with Gasteiger partial charge in [0.1, 0.15) is 10.7 Å². The van der Waals surface area contributed by atoms with Crippen LogP contribution < -0.4 is 5.32 Å². The van der Waals surface area contributed by atoms with E-state index in [4.69, 9.17) is 0 Å². The number of nitrogens with one attached hydrogen (secondary N) is 1. The van der Waals surface area contributed by atoms with Crippen LogP contribution in [0.5, 0.6) is 0 Å². The number of carbonyl (C=O) groups excluding carboxylic acids is 2. The van der Waals surface area contributed by atoms with Crippen LogP contribution in [0.25, 0.3) is 0 Å². The van der Waals surface area contributed by atoms with Crippen LogP contribution in [0.3, 0.4) is 0 Å². The highest BCUT2D eigenvalue weighted by atomic mass is 32.1. The minimum Gasteiger partial charge on any atom is -0.465 e. The summed E-state index contributed by atoms with van der Waals surface area (Å²) in [5.41, 5.74) is 0.633. The van der Waals surface area contributed by atoms with Gasteiger partial charge in [-0.25, -0.2) is 4.79 Å². The summed E-state index contributed by atoms with van der Waals surface area (Å²) in [4.78, 5) is 27.2. The summed E-state index contributed by atoms with van der Waals surface area (Å²) in [7, 11) is 1.30. The molecule has 1 N–H and O–H groups in total. The number of aromatic nitrogens is 1. The molecule has 2 rings (SSSR count). The molecule has 0 aromatic carbocycles. The molecule has 0 aliphatic carbocycles. The smallest absolute Gasteiger partial charge is 0.340 e. The number of hydrogen-bond donors (Lipinski definition) is 1. The van der Waals surface area contributed by atoms with Gasteiger partial charge in [0.25, 0.3) is 5.91 Å². The Kier molecular flexibility index (Phi) is 3.69. The van der Waals surface area contributed by atoms with Gasteiger partial charge in [-0.3, -0.25) is 9.78 Å². The topological polar surface area (TPSA) is 68.3 Å². The molecule has 2 aromatic heterocycles. The third kappa shape index (κ3) is 2.54. The van der Waals surface area contributed by atoms with Gasteiger partial charge in [-0.2, -0.15) is 0 Å². The quantitative estimate of drug-likeness (QED) is 0.861. The highest BCUT2D eigenvalue weighted by molar-refractivity contribution is 7.14. The lowest BCUT2D eigenvalue weighted by Gasteiger charge is -2.04. The number of esters is 1. The molecule has 0 aliphatic heterocycles. The molecule has 0 fully saturated rings. The molecule has 92 valence electrons. The fraction of sp³-hybridized carbons (Fsp3) is 0.0833. The Labute approximate surface area is 107 Å². The zero-order chi connectivity index (χ0) is 13.0. The molecule has 5 nitrogen and oxygen atoms in total. The van der Waals surface area contributed by atoms with E-state index < -0.39 is 5.97 Å². The normalized spacial score (nSPS) is 9.83. The lowest BCUT2D eigenvalue weighted by atomic mass is 10.3. The lowest BCUT2D eigenvalue weighted by Crippen LogP contribution is -2.14. The molecule has 0 bridgehead atoms. The third-order valence-electron chi connectivity index (χ3n) is 2.20. The first-order valence-corrected chi connectivity index (χ1v) is 5.98. The number of carbonyl (C=O) groups is 2. The maximum absolute atomic E-state index is 11.9. The lowest BCUT2D eigenvalue weighted by molar-refractivity contribution is 0.0602. The van der Waals surface area contributed by atoms with Gasteiger partial charge in [-0.05, 0) is 23.6 Å². The predicted octanol–water partition coefficient (Wildman–Crippen LogP) is 2.18. The van der Waals surface area contributed by atoms with Gasteiger partial charge in [0, 0.05) is 6.20 Å². The van der Waals surface area contributed by atoms with E-state index in [2.05, 4.69) is 15.0 Å². The van der Waals surface area contributed by atoms with Crippen LogP contribution >= 0.6 is 11.3 Å². The summed E-state index contributed by atoms with van der Waals surface area (Å²) in [5, 5.41) is 4.80. The van der Waals surface area contributed by atoms with Gasteiger partial charge in [0.2, 0.25) is 0 Å². The number of ether oxygens (including phenoxy) is 1. The number of methoxy groups -OCH3 is 1. The van der Waals surface area contributed by atoms with Crippen LogP contribution in [0.4, 0.5) is 5.00 Å². The molecule has 1 amide bonds. The van der Waals surface area contributed by atoms with Gasteiger partial charge in [-0.1, -0.05) is 6.07 Å². The molecule has 0 spiro atoms. The van der Waals surface area contributed by atoms with Gasteiger partial charge < -0.3 is 10.1 Å². The van der Waals surface area contributed by atoms with E-state index >= 15 is 0 Å². The summed E-state index contributed by atoms with van der Waals surface area (Å²) in [6, 6.07) is 6.64. The number of nitrogens with zero attached hydrogens (tertiary/aromatic N) is 1. The number of rotatable bonds is 3. The summed E-state index contributed by atoms with van der Waals surface area (Å²) < 4.78 is 4.62. The second-order valence-corrected chi connectivity index (χ2v) is 4.24. The number of amides is 1. The van der Waals surface area contributed by atoms with E-state index in [1.807, 2.05) is 0 Å². The molecule has 0 saturated carbocycles. The Bertz CT molecular complexity index is 566. The van der Waals surface area contributed by atoms with Crippen LogP contribution in [-0.2, 0) is 4.74 Å². The zero-order valence-electron chi connectivity index (χ0n) is 9.54. The summed E-state index contributed by atoms with van der Waals surface area (Å²) in [6.07, 6.45) is 1.53. The summed E-state index contributed by atoms with van der Waals surface area (Å²) in [6.45, 7) is 0. The third-order valence-corrected chi connectivity index (χ3v) is 3.02. The molecule has 0 atom stereocenters. The van der Waals surface area contributed by atoms with E-state index in [1.165, 1.54) is 24.6 Å². The molecule has 2 aromatic rings. The van der Waals surface area contributed by atoms with Crippen molar-refractivity contribution >= 4 is 28.2 Å². The Hall–Kier alpha value is -2.21. The Morgan fingerprint density at radius 2 is 2.17 bits per heavy atom. The van der Waals surface area contributed by atoms with Crippen molar-refractivity contribution in [3.8, 4) is 0 Å². The van der Waals surface area contributed by atoms with Crippen LogP contribution in [0, 0.1) is 0 Å². The molecule has 18 heavy (non-hydrogen) atoms. The van der Waals surface area contributed by atoms with Crippen LogP contribution in [0.15, 0.2) is 35.8 Å². The minimum atomic E-state index is -0.479. The fourth-order valence-corrected chi connectivity index (χ4v) is 2.11. The van der Waals surface area contributed by atoms with E-state index in [-0.39, 0.29) is 5.91 Å². The fourth-order valence-electron chi connectivity index (χ4n) is 1.34. The number of pyridine rings is 1. The number of thiophene rings is 1. The maximum atomic E-state index is 11.9. The first kappa shape index (κ1) is 12.3. The van der Waals surface area contributed by atoms with Crippen molar-refractivity contribution in [3.63, 3.8) is 0 Å². The van der Waals surface area contributed by atoms with Gasteiger partial charge in [0.15, 0.2) is 0 Å². The molecule has 0 radical (unpaired) electrons. The molecule has 0 aliphatic rings. The molecular weight excluding hydrogens is 252 g/mol. The molecule has 0 unspecified atom stereocenters. The Morgan fingerprint density at radius 1 is 1.33 bits per heavy atom. The monoisotopic (exact) mass is 262 g/mol.